The first-order valence-electron chi connectivity index (χ1n) is 8.70. The smallest absolute Gasteiger partial charge is 0.268 e. The maximum Gasteiger partial charge on any atom is 0.268 e. The number of carbonyl (C=O) groups excluding carboxylic acids is 1. The Balaban J connectivity index is 2.19. The second kappa shape index (κ2) is 7.68. The maximum absolute atomic E-state index is 12.9. The molecule has 0 aliphatic heterocycles. The summed E-state index contributed by atoms with van der Waals surface area (Å²) >= 11 is 0. The largest absolute Gasteiger partial charge is 0.481 e. The van der Waals surface area contributed by atoms with Gasteiger partial charge in [-0.15, -0.1) is 0 Å². The molecule has 1 amide bonds. The van der Waals surface area contributed by atoms with Gasteiger partial charge in [0.2, 0.25) is 0 Å². The molecule has 134 valence electrons. The van der Waals surface area contributed by atoms with E-state index in [0.29, 0.717) is 5.75 Å². The Morgan fingerprint density at radius 1 is 1.12 bits per heavy atom. The van der Waals surface area contributed by atoms with Crippen molar-refractivity contribution >= 4 is 11.6 Å². The first kappa shape index (κ1) is 19.0. The number of nitrogens with zero attached hydrogens (tertiary/aromatic N) is 2. The van der Waals surface area contributed by atoms with E-state index in [1.807, 2.05) is 44.2 Å². The van der Waals surface area contributed by atoms with E-state index in [1.165, 1.54) is 5.56 Å². The van der Waals surface area contributed by atoms with Crippen molar-refractivity contribution in [1.29, 1.82) is 0 Å². The molecular weight excluding hydrogens is 312 g/mol. The lowest BCUT2D eigenvalue weighted by molar-refractivity contribution is -0.125. The molecule has 0 aliphatic carbocycles. The van der Waals surface area contributed by atoms with E-state index in [9.17, 15) is 4.79 Å². The Labute approximate surface area is 150 Å². The van der Waals surface area contributed by atoms with Gasteiger partial charge < -0.3 is 9.64 Å². The number of aromatic nitrogens is 1. The van der Waals surface area contributed by atoms with Gasteiger partial charge >= 0.3 is 0 Å². The van der Waals surface area contributed by atoms with E-state index in [4.69, 9.17) is 4.74 Å². The summed E-state index contributed by atoms with van der Waals surface area (Å²) in [4.78, 5) is 18.8. The Bertz CT molecular complexity index is 705. The maximum atomic E-state index is 12.9. The van der Waals surface area contributed by atoms with Crippen molar-refractivity contribution in [3.05, 3.63) is 54.4 Å². The zero-order chi connectivity index (χ0) is 18.6. The van der Waals surface area contributed by atoms with E-state index >= 15 is 0 Å². The van der Waals surface area contributed by atoms with E-state index in [1.54, 1.807) is 24.2 Å². The number of anilines is 1. The van der Waals surface area contributed by atoms with Gasteiger partial charge in [-0.25, -0.2) is 0 Å². The van der Waals surface area contributed by atoms with Crippen LogP contribution in [0.1, 0.15) is 47.1 Å². The summed E-state index contributed by atoms with van der Waals surface area (Å²) in [7, 11) is 0. The lowest BCUT2D eigenvalue weighted by Gasteiger charge is -2.29. The zero-order valence-corrected chi connectivity index (χ0v) is 16.0. The molecule has 2 rings (SSSR count). The molecular formula is C21H28N2O2. The standard InChI is InChI=1S/C21H28N2O2/c1-15(2)23(18-10-8-12-22-14-18)20(24)16(3)25-19-11-7-9-17(13-19)21(4,5)6/h7-16H,1-6H3. The van der Waals surface area contributed by atoms with Gasteiger partial charge in [-0.2, -0.15) is 0 Å². The van der Waals surface area contributed by atoms with Crippen LogP contribution in [0.4, 0.5) is 5.69 Å². The minimum Gasteiger partial charge on any atom is -0.481 e. The van der Waals surface area contributed by atoms with Gasteiger partial charge in [0.1, 0.15) is 5.75 Å². The van der Waals surface area contributed by atoms with Crippen LogP contribution in [0.5, 0.6) is 5.75 Å². The third kappa shape index (κ3) is 4.81. The van der Waals surface area contributed by atoms with E-state index in [0.717, 1.165) is 5.69 Å². The summed E-state index contributed by atoms with van der Waals surface area (Å²) < 4.78 is 5.95. The van der Waals surface area contributed by atoms with Crippen LogP contribution >= 0.6 is 0 Å². The fourth-order valence-electron chi connectivity index (χ4n) is 2.66. The fraction of sp³-hybridized carbons (Fsp3) is 0.429. The van der Waals surface area contributed by atoms with Gasteiger partial charge in [0.15, 0.2) is 6.10 Å². The van der Waals surface area contributed by atoms with Crippen LogP contribution in [0.25, 0.3) is 0 Å². The summed E-state index contributed by atoms with van der Waals surface area (Å²) in [6.45, 7) is 12.2. The van der Waals surface area contributed by atoms with Crippen molar-refractivity contribution in [3.8, 4) is 5.75 Å². The molecule has 4 nitrogen and oxygen atoms in total. The van der Waals surface area contributed by atoms with E-state index < -0.39 is 6.10 Å². The summed E-state index contributed by atoms with van der Waals surface area (Å²) in [5.74, 6) is 0.632. The van der Waals surface area contributed by atoms with Crippen molar-refractivity contribution in [3.63, 3.8) is 0 Å². The number of amides is 1. The highest BCUT2D eigenvalue weighted by molar-refractivity contribution is 5.96. The number of rotatable bonds is 5. The van der Waals surface area contributed by atoms with E-state index in [-0.39, 0.29) is 17.4 Å². The fourth-order valence-corrected chi connectivity index (χ4v) is 2.66. The molecule has 0 saturated carbocycles. The average Bonchev–Trinajstić information content (AvgIpc) is 2.55. The number of hydrogen-bond acceptors (Lipinski definition) is 3. The molecule has 1 aromatic carbocycles. The molecule has 0 N–H and O–H groups in total. The Morgan fingerprint density at radius 2 is 1.84 bits per heavy atom. The highest BCUT2D eigenvalue weighted by Gasteiger charge is 2.26. The molecule has 2 aromatic rings. The summed E-state index contributed by atoms with van der Waals surface area (Å²) in [6.07, 6.45) is 2.81. The Hall–Kier alpha value is -2.36. The summed E-state index contributed by atoms with van der Waals surface area (Å²) in [6, 6.07) is 11.7. The second-order valence-corrected chi connectivity index (χ2v) is 7.55. The zero-order valence-electron chi connectivity index (χ0n) is 16.0. The van der Waals surface area contributed by atoms with Crippen LogP contribution in [0, 0.1) is 0 Å². The third-order valence-electron chi connectivity index (χ3n) is 4.04. The highest BCUT2D eigenvalue weighted by atomic mass is 16.5. The summed E-state index contributed by atoms with van der Waals surface area (Å²) in [5.41, 5.74) is 1.99. The molecule has 0 radical (unpaired) electrons. The number of carbonyl (C=O) groups is 1. The molecule has 1 unspecified atom stereocenters. The monoisotopic (exact) mass is 340 g/mol. The van der Waals surface area contributed by atoms with Crippen LogP contribution in [0.15, 0.2) is 48.8 Å². The number of ether oxygens (including phenoxy) is 1. The SMILES string of the molecule is CC(Oc1cccc(C(C)(C)C)c1)C(=O)N(c1cccnc1)C(C)C. The minimum absolute atomic E-state index is 0.0173. The van der Waals surface area contributed by atoms with Gasteiger partial charge in [-0.05, 0) is 56.0 Å². The lowest BCUT2D eigenvalue weighted by Crippen LogP contribution is -2.44. The Morgan fingerprint density at radius 3 is 2.40 bits per heavy atom. The first-order chi connectivity index (χ1) is 11.7. The van der Waals surface area contributed by atoms with Gasteiger partial charge in [0.05, 0.1) is 11.9 Å². The summed E-state index contributed by atoms with van der Waals surface area (Å²) in [5, 5.41) is 0. The predicted molar refractivity (Wildman–Crippen MR) is 102 cm³/mol. The second-order valence-electron chi connectivity index (χ2n) is 7.55. The van der Waals surface area contributed by atoms with Crippen LogP contribution in [-0.2, 0) is 10.2 Å². The quantitative estimate of drug-likeness (QED) is 0.799. The number of benzene rings is 1. The van der Waals surface area contributed by atoms with Gasteiger partial charge in [-0.1, -0.05) is 32.9 Å². The molecule has 0 aliphatic rings. The third-order valence-corrected chi connectivity index (χ3v) is 4.04. The van der Waals surface area contributed by atoms with Crippen molar-refractivity contribution in [1.82, 2.24) is 4.98 Å². The minimum atomic E-state index is -0.585. The highest BCUT2D eigenvalue weighted by Crippen LogP contribution is 2.26. The molecule has 4 heteroatoms. The molecule has 0 fully saturated rings. The van der Waals surface area contributed by atoms with Gasteiger partial charge in [0, 0.05) is 12.2 Å². The van der Waals surface area contributed by atoms with Crippen molar-refractivity contribution in [2.45, 2.75) is 59.1 Å². The van der Waals surface area contributed by atoms with Crippen molar-refractivity contribution in [2.24, 2.45) is 0 Å². The van der Waals surface area contributed by atoms with Crippen LogP contribution in [-0.4, -0.2) is 23.0 Å². The van der Waals surface area contributed by atoms with Gasteiger partial charge in [-0.3, -0.25) is 9.78 Å². The Kier molecular flexibility index (Phi) is 5.83. The molecule has 1 heterocycles. The van der Waals surface area contributed by atoms with Crippen LogP contribution in [0.2, 0.25) is 0 Å². The molecule has 25 heavy (non-hydrogen) atoms. The molecule has 0 spiro atoms. The molecule has 0 saturated heterocycles. The number of hydrogen-bond donors (Lipinski definition) is 0. The first-order valence-corrected chi connectivity index (χ1v) is 8.70. The number of pyridine rings is 1. The van der Waals surface area contributed by atoms with Crippen LogP contribution < -0.4 is 9.64 Å². The molecule has 1 atom stereocenters. The topological polar surface area (TPSA) is 42.4 Å². The van der Waals surface area contributed by atoms with E-state index in [2.05, 4.69) is 31.8 Å². The predicted octanol–water partition coefficient (Wildman–Crippen LogP) is 4.59. The van der Waals surface area contributed by atoms with Gasteiger partial charge in [0.25, 0.3) is 5.91 Å². The van der Waals surface area contributed by atoms with Crippen molar-refractivity contribution in [2.75, 3.05) is 4.90 Å². The lowest BCUT2D eigenvalue weighted by atomic mass is 9.87. The molecule has 1 aromatic heterocycles. The normalized spacial score (nSPS) is 12.8. The van der Waals surface area contributed by atoms with Crippen molar-refractivity contribution < 1.29 is 9.53 Å². The van der Waals surface area contributed by atoms with Crippen LogP contribution in [0.3, 0.4) is 0 Å². The molecule has 0 bridgehead atoms. The average molecular weight is 340 g/mol.